The second kappa shape index (κ2) is 20.8. The van der Waals surface area contributed by atoms with Crippen LogP contribution in [0.2, 0.25) is 0 Å². The van der Waals surface area contributed by atoms with Gasteiger partial charge in [-0.25, -0.2) is 0 Å². The Morgan fingerprint density at radius 3 is 1.03 bits per heavy atom. The zero-order valence-corrected chi connectivity index (χ0v) is 52.6. The van der Waals surface area contributed by atoms with E-state index in [-0.39, 0.29) is 6.71 Å². The summed E-state index contributed by atoms with van der Waals surface area (Å²) in [5.74, 6) is 1.68. The largest absolute Gasteiger partial charge is 0.458 e. The summed E-state index contributed by atoms with van der Waals surface area (Å²) < 4.78 is 17.5. The van der Waals surface area contributed by atoms with Gasteiger partial charge in [-0.3, -0.25) is 0 Å². The minimum Gasteiger partial charge on any atom is -0.458 e. The number of ether oxygens (including phenoxy) is 1. The summed E-state index contributed by atoms with van der Waals surface area (Å²) in [4.78, 5) is 2.52. The molecule has 15 aromatic carbocycles. The van der Waals surface area contributed by atoms with E-state index in [1.807, 2.05) is 0 Å². The van der Waals surface area contributed by atoms with Gasteiger partial charge in [0.2, 0.25) is 0 Å². The van der Waals surface area contributed by atoms with E-state index in [1.165, 1.54) is 48.6 Å². The molecule has 7 heteroatoms. The van der Waals surface area contributed by atoms with Crippen molar-refractivity contribution in [3.05, 3.63) is 340 Å². The third-order valence-electron chi connectivity index (χ3n) is 20.8. The highest BCUT2D eigenvalue weighted by Gasteiger charge is 2.43. The van der Waals surface area contributed by atoms with Gasteiger partial charge >= 0.3 is 0 Å². The molecule has 0 saturated heterocycles. The van der Waals surface area contributed by atoms with Crippen molar-refractivity contribution in [1.29, 1.82) is 0 Å². The van der Waals surface area contributed by atoms with E-state index in [9.17, 15) is 0 Å². The van der Waals surface area contributed by atoms with Gasteiger partial charge in [-0.05, 0) is 124 Å². The highest BCUT2D eigenvalue weighted by Crippen LogP contribution is 2.49. The number of anilines is 3. The fourth-order valence-electron chi connectivity index (χ4n) is 16.9. The average molecular weight is 1230 g/mol. The van der Waals surface area contributed by atoms with Gasteiger partial charge in [-0.1, -0.05) is 249 Å². The van der Waals surface area contributed by atoms with Crippen molar-refractivity contribution in [3.63, 3.8) is 0 Å². The summed E-state index contributed by atoms with van der Waals surface area (Å²) in [5.41, 5.74) is 27.0. The van der Waals surface area contributed by atoms with Crippen molar-refractivity contribution >= 4 is 127 Å². The van der Waals surface area contributed by atoms with Gasteiger partial charge < -0.3 is 27.9 Å². The molecule has 0 fully saturated rings. The Balaban J connectivity index is 0.814. The molecule has 6 heterocycles. The Morgan fingerprint density at radius 1 is 0.216 bits per heavy atom. The zero-order valence-electron chi connectivity index (χ0n) is 52.6. The fraction of sp³-hybridized carbons (Fsp3) is 0. The van der Waals surface area contributed by atoms with Crippen molar-refractivity contribution in [2.75, 3.05) is 4.90 Å². The van der Waals surface area contributed by atoms with Gasteiger partial charge in [0.05, 0.1) is 72.6 Å². The first-order chi connectivity index (χ1) is 48.2. The Labute approximate surface area is 559 Å². The summed E-state index contributed by atoms with van der Waals surface area (Å²) in [6, 6.07) is 125. The van der Waals surface area contributed by atoms with Crippen LogP contribution in [0.1, 0.15) is 0 Å². The molecule has 19 aromatic rings. The molecule has 6 nitrogen and oxygen atoms in total. The molecular weight excluding hydrogens is 1180 g/mol. The van der Waals surface area contributed by atoms with E-state index in [2.05, 4.69) is 363 Å². The topological polar surface area (TPSA) is 32.2 Å². The lowest BCUT2D eigenvalue weighted by molar-refractivity contribution is 0.488. The number of rotatable bonds is 8. The minimum atomic E-state index is -0.185. The summed E-state index contributed by atoms with van der Waals surface area (Å²) in [5, 5.41) is 9.71. The van der Waals surface area contributed by atoms with Crippen LogP contribution in [0.5, 0.6) is 11.5 Å². The molecule has 2 aliphatic rings. The molecule has 0 atom stereocenters. The first kappa shape index (κ1) is 53.6. The van der Waals surface area contributed by atoms with E-state index in [1.54, 1.807) is 0 Å². The van der Waals surface area contributed by atoms with Crippen LogP contribution in [0.3, 0.4) is 0 Å². The third-order valence-corrected chi connectivity index (χ3v) is 20.8. The van der Waals surface area contributed by atoms with Crippen LogP contribution in [0.15, 0.2) is 340 Å². The minimum absolute atomic E-state index is 0.185. The zero-order chi connectivity index (χ0) is 63.4. The van der Waals surface area contributed by atoms with Gasteiger partial charge in [0.15, 0.2) is 0 Å². The predicted octanol–water partition coefficient (Wildman–Crippen LogP) is 21.5. The SMILES string of the molecule is c1ccc(-c2ccccc2N2c3cc(-c4cccc(-n5c6ccccc6c6ccccc65)c4-n4c5ccccc5c5ccccc54)ccc3B3c4ccc(-c5cccc(-n6c7ccccc7c7ccccc76)c5-n5c6ccccc6c6ccccc65)cc4Oc4cccc2c43)cc1. The lowest BCUT2D eigenvalue weighted by Gasteiger charge is -2.41. The molecule has 0 amide bonds. The highest BCUT2D eigenvalue weighted by molar-refractivity contribution is 6.99. The van der Waals surface area contributed by atoms with E-state index < -0.39 is 0 Å². The molecule has 0 radical (unpaired) electrons. The lowest BCUT2D eigenvalue weighted by Crippen LogP contribution is -2.59. The Kier molecular flexibility index (Phi) is 11.5. The summed E-state index contributed by atoms with van der Waals surface area (Å²) in [6.45, 7) is -0.185. The number of hydrogen-bond donors (Lipinski definition) is 0. The second-order valence-electron chi connectivity index (χ2n) is 25.8. The smallest absolute Gasteiger partial charge is 0.256 e. The molecule has 0 aliphatic carbocycles. The summed E-state index contributed by atoms with van der Waals surface area (Å²) in [7, 11) is 0. The third kappa shape index (κ3) is 7.73. The van der Waals surface area contributed by atoms with Crippen LogP contribution in [0, 0.1) is 0 Å². The maximum atomic E-state index is 7.48. The van der Waals surface area contributed by atoms with Gasteiger partial charge in [0.1, 0.15) is 11.5 Å². The standard InChI is InChI=1S/C90H56BN5O/c1-2-25-57(26-3-1)60-27-4-13-38-73(60)94-82-47-24-50-86-88(82)91(71-53-51-58(55-85(71)94)61-36-22-48-83(92-74-39-14-5-28-63(74)64-29-6-15-40-75(64)92)89(61)95-78-43-18-9-32-67(78)68-33-10-19-44-79(68)95)72-54-52-59(56-87(72)97-86)62-37-23-49-84(93-76-41-16-7-30-65(76)66-31-8-17-42-77(66)93)90(62)96-80-45-20-11-34-69(80)70-35-12-21-46-81(70)96/h1-56H. The molecule has 2 aliphatic heterocycles. The fourth-order valence-corrected chi connectivity index (χ4v) is 16.9. The number of benzene rings is 15. The number of nitrogens with zero attached hydrogens (tertiary/aromatic N) is 5. The van der Waals surface area contributed by atoms with E-state index in [0.29, 0.717) is 0 Å². The lowest BCUT2D eigenvalue weighted by atomic mass is 9.34. The van der Waals surface area contributed by atoms with Crippen LogP contribution in [-0.2, 0) is 0 Å². The van der Waals surface area contributed by atoms with Crippen LogP contribution in [0.4, 0.5) is 17.1 Å². The predicted molar refractivity (Wildman–Crippen MR) is 406 cm³/mol. The maximum absolute atomic E-state index is 7.48. The van der Waals surface area contributed by atoms with Crippen molar-refractivity contribution in [3.8, 4) is 67.6 Å². The van der Waals surface area contributed by atoms with E-state index >= 15 is 0 Å². The number of para-hydroxylation sites is 11. The molecule has 4 aromatic heterocycles. The highest BCUT2D eigenvalue weighted by atomic mass is 16.5. The van der Waals surface area contributed by atoms with Crippen molar-refractivity contribution in [2.45, 2.75) is 0 Å². The summed E-state index contributed by atoms with van der Waals surface area (Å²) in [6.07, 6.45) is 0. The second-order valence-corrected chi connectivity index (χ2v) is 25.8. The van der Waals surface area contributed by atoms with Gasteiger partial charge in [0, 0.05) is 71.2 Å². The normalized spacial score (nSPS) is 12.6. The van der Waals surface area contributed by atoms with Gasteiger partial charge in [-0.15, -0.1) is 0 Å². The quantitative estimate of drug-likeness (QED) is 0.142. The Morgan fingerprint density at radius 2 is 0.567 bits per heavy atom. The molecule has 0 spiro atoms. The van der Waals surface area contributed by atoms with Crippen LogP contribution in [-0.4, -0.2) is 25.0 Å². The van der Waals surface area contributed by atoms with E-state index in [0.717, 1.165) is 140 Å². The monoisotopic (exact) mass is 1230 g/mol. The molecular formula is C90H56BN5O. The molecule has 0 unspecified atom stereocenters. The molecule has 0 bridgehead atoms. The van der Waals surface area contributed by atoms with Crippen molar-refractivity contribution in [2.24, 2.45) is 0 Å². The Hall–Kier alpha value is -12.8. The average Bonchev–Trinajstić information content (AvgIpc) is 1.65. The number of fused-ring (bicyclic) bond motifs is 16. The first-order valence-electron chi connectivity index (χ1n) is 33.4. The summed E-state index contributed by atoms with van der Waals surface area (Å²) >= 11 is 0. The van der Waals surface area contributed by atoms with Gasteiger partial charge in [0.25, 0.3) is 6.71 Å². The van der Waals surface area contributed by atoms with Crippen LogP contribution in [0.25, 0.3) is 143 Å². The number of hydrogen-bond acceptors (Lipinski definition) is 2. The molecule has 0 N–H and O–H groups in total. The van der Waals surface area contributed by atoms with E-state index in [4.69, 9.17) is 4.74 Å². The molecule has 0 saturated carbocycles. The van der Waals surface area contributed by atoms with Gasteiger partial charge in [-0.2, -0.15) is 0 Å². The van der Waals surface area contributed by atoms with Crippen LogP contribution >= 0.6 is 0 Å². The molecule has 97 heavy (non-hydrogen) atoms. The van der Waals surface area contributed by atoms with Crippen molar-refractivity contribution in [1.82, 2.24) is 18.3 Å². The molecule has 450 valence electrons. The Bertz CT molecular complexity index is 6310. The molecule has 21 rings (SSSR count). The maximum Gasteiger partial charge on any atom is 0.256 e. The number of aromatic nitrogens is 4. The van der Waals surface area contributed by atoms with Crippen LogP contribution < -0.4 is 26.0 Å². The first-order valence-corrected chi connectivity index (χ1v) is 33.4. The van der Waals surface area contributed by atoms with Crippen molar-refractivity contribution < 1.29 is 4.74 Å².